The molecule has 1 saturated carbocycles. The molecule has 0 bridgehead atoms. The number of primary amides is 1. The molecule has 1 aromatic heterocycles. The number of aromatic nitrogens is 3. The van der Waals surface area contributed by atoms with Crippen LogP contribution in [0.3, 0.4) is 0 Å². The molecule has 7 nitrogen and oxygen atoms in total. The smallest absolute Gasteiger partial charge is 0.234 e. The number of benzene rings is 1. The molecular weight excluding hydrogens is 350 g/mol. The van der Waals surface area contributed by atoms with Crippen molar-refractivity contribution in [1.82, 2.24) is 14.8 Å². The quantitative estimate of drug-likeness (QED) is 0.692. The normalized spacial score (nSPS) is 13.6. The number of nitrogens with one attached hydrogen (secondary N) is 1. The number of nitrogens with zero attached hydrogens (tertiary/aromatic N) is 3. The number of carbonyl (C=O) groups is 2. The van der Waals surface area contributed by atoms with Gasteiger partial charge >= 0.3 is 0 Å². The minimum atomic E-state index is -0.358. The number of anilines is 1. The topological polar surface area (TPSA) is 103 Å². The number of amides is 2. The van der Waals surface area contributed by atoms with Gasteiger partial charge in [-0.2, -0.15) is 0 Å². The van der Waals surface area contributed by atoms with Crippen LogP contribution in [0.5, 0.6) is 0 Å². The molecule has 0 radical (unpaired) electrons. The van der Waals surface area contributed by atoms with Crippen molar-refractivity contribution in [1.29, 1.82) is 0 Å². The van der Waals surface area contributed by atoms with Crippen molar-refractivity contribution in [3.05, 3.63) is 35.2 Å². The van der Waals surface area contributed by atoms with Gasteiger partial charge in [0.05, 0.1) is 5.75 Å². The summed E-state index contributed by atoms with van der Waals surface area (Å²) >= 11 is 1.32. The largest absolute Gasteiger partial charge is 0.370 e. The predicted molar refractivity (Wildman–Crippen MR) is 101 cm³/mol. The third kappa shape index (κ3) is 4.63. The van der Waals surface area contributed by atoms with Gasteiger partial charge in [-0.1, -0.05) is 17.8 Å². The summed E-state index contributed by atoms with van der Waals surface area (Å²) < 4.78 is 1.93. The standard InChI is InChI=1S/C18H23N5O2S/c1-11-3-6-14(9-12(11)2)20-16(25)10-26-18-22-21-17(13-4-5-13)23(18)8-7-15(19)24/h3,6,9,13H,4-5,7-8,10H2,1-2H3,(H2,19,24)(H,20,25). The molecule has 0 aliphatic heterocycles. The summed E-state index contributed by atoms with van der Waals surface area (Å²) in [6.07, 6.45) is 2.42. The molecule has 2 amide bonds. The molecule has 1 aliphatic carbocycles. The number of aryl methyl sites for hydroxylation is 2. The average molecular weight is 373 g/mol. The highest BCUT2D eigenvalue weighted by molar-refractivity contribution is 7.99. The third-order valence-electron chi connectivity index (χ3n) is 4.39. The van der Waals surface area contributed by atoms with Gasteiger partial charge in [0.15, 0.2) is 5.16 Å². The maximum atomic E-state index is 12.2. The Morgan fingerprint density at radius 1 is 1.27 bits per heavy atom. The van der Waals surface area contributed by atoms with Gasteiger partial charge < -0.3 is 15.6 Å². The Bertz CT molecular complexity index is 829. The molecular formula is C18H23N5O2S. The monoisotopic (exact) mass is 373 g/mol. The molecule has 8 heteroatoms. The highest BCUT2D eigenvalue weighted by Gasteiger charge is 2.30. The van der Waals surface area contributed by atoms with E-state index in [0.717, 1.165) is 29.9 Å². The molecule has 1 aliphatic rings. The summed E-state index contributed by atoms with van der Waals surface area (Å²) in [7, 11) is 0. The molecule has 0 spiro atoms. The summed E-state index contributed by atoms with van der Waals surface area (Å²) in [6.45, 7) is 4.50. The minimum Gasteiger partial charge on any atom is -0.370 e. The molecule has 1 fully saturated rings. The first-order valence-electron chi connectivity index (χ1n) is 8.65. The lowest BCUT2D eigenvalue weighted by Gasteiger charge is -2.09. The number of rotatable bonds is 8. The molecule has 26 heavy (non-hydrogen) atoms. The molecule has 0 atom stereocenters. The van der Waals surface area contributed by atoms with Crippen molar-refractivity contribution in [3.8, 4) is 0 Å². The second kappa shape index (κ2) is 7.90. The fraction of sp³-hybridized carbons (Fsp3) is 0.444. The average Bonchev–Trinajstić information content (AvgIpc) is 3.35. The van der Waals surface area contributed by atoms with Gasteiger partial charge in [0.1, 0.15) is 5.82 Å². The van der Waals surface area contributed by atoms with Crippen LogP contribution in [0, 0.1) is 13.8 Å². The van der Waals surface area contributed by atoms with E-state index in [2.05, 4.69) is 15.5 Å². The molecule has 3 N–H and O–H groups in total. The van der Waals surface area contributed by atoms with E-state index in [1.165, 1.54) is 17.3 Å². The van der Waals surface area contributed by atoms with E-state index in [-0.39, 0.29) is 24.0 Å². The van der Waals surface area contributed by atoms with Crippen molar-refractivity contribution in [2.75, 3.05) is 11.1 Å². The second-order valence-electron chi connectivity index (χ2n) is 6.62. The van der Waals surface area contributed by atoms with Crippen LogP contribution >= 0.6 is 11.8 Å². The van der Waals surface area contributed by atoms with Crippen molar-refractivity contribution >= 4 is 29.3 Å². The maximum Gasteiger partial charge on any atom is 0.234 e. The van der Waals surface area contributed by atoms with Gasteiger partial charge in [-0.25, -0.2) is 0 Å². The van der Waals surface area contributed by atoms with Crippen LogP contribution in [0.4, 0.5) is 5.69 Å². The van der Waals surface area contributed by atoms with Crippen molar-refractivity contribution in [3.63, 3.8) is 0 Å². The molecule has 138 valence electrons. The van der Waals surface area contributed by atoms with Gasteiger partial charge in [-0.3, -0.25) is 9.59 Å². The van der Waals surface area contributed by atoms with Crippen LogP contribution in [0.25, 0.3) is 0 Å². The Kier molecular flexibility index (Phi) is 5.61. The van der Waals surface area contributed by atoms with E-state index < -0.39 is 0 Å². The van der Waals surface area contributed by atoms with Crippen LogP contribution in [0.15, 0.2) is 23.4 Å². The SMILES string of the molecule is Cc1ccc(NC(=O)CSc2nnc(C3CC3)n2CCC(N)=O)cc1C. The second-order valence-corrected chi connectivity index (χ2v) is 7.56. The van der Waals surface area contributed by atoms with Crippen molar-refractivity contribution < 1.29 is 9.59 Å². The van der Waals surface area contributed by atoms with E-state index in [9.17, 15) is 9.59 Å². The maximum absolute atomic E-state index is 12.2. The summed E-state index contributed by atoms with van der Waals surface area (Å²) in [5.74, 6) is 1.07. The van der Waals surface area contributed by atoms with Crippen LogP contribution in [-0.4, -0.2) is 32.3 Å². The first-order valence-corrected chi connectivity index (χ1v) is 9.64. The van der Waals surface area contributed by atoms with Crippen LogP contribution in [-0.2, 0) is 16.1 Å². The van der Waals surface area contributed by atoms with Gasteiger partial charge in [0.25, 0.3) is 0 Å². The predicted octanol–water partition coefficient (Wildman–Crippen LogP) is 2.38. The Morgan fingerprint density at radius 3 is 2.69 bits per heavy atom. The molecule has 1 heterocycles. The van der Waals surface area contributed by atoms with E-state index >= 15 is 0 Å². The molecule has 2 aromatic rings. The summed E-state index contributed by atoms with van der Waals surface area (Å²) in [5, 5.41) is 12.0. The number of nitrogens with two attached hydrogens (primary N) is 1. The number of hydrogen-bond donors (Lipinski definition) is 2. The molecule has 3 rings (SSSR count). The third-order valence-corrected chi connectivity index (χ3v) is 5.36. The summed E-state index contributed by atoms with van der Waals surface area (Å²) in [6, 6.07) is 5.84. The Balaban J connectivity index is 1.62. The van der Waals surface area contributed by atoms with E-state index in [0.29, 0.717) is 17.6 Å². The van der Waals surface area contributed by atoms with Gasteiger partial charge in [-0.05, 0) is 49.9 Å². The fourth-order valence-corrected chi connectivity index (χ4v) is 3.40. The van der Waals surface area contributed by atoms with E-state index in [1.54, 1.807) is 0 Å². The van der Waals surface area contributed by atoms with Crippen LogP contribution < -0.4 is 11.1 Å². The molecule has 0 unspecified atom stereocenters. The van der Waals surface area contributed by atoms with Crippen LogP contribution in [0.2, 0.25) is 0 Å². The van der Waals surface area contributed by atoms with Crippen LogP contribution in [0.1, 0.15) is 42.1 Å². The Hall–Kier alpha value is -2.35. The zero-order valence-electron chi connectivity index (χ0n) is 15.0. The lowest BCUT2D eigenvalue weighted by atomic mass is 10.1. The summed E-state index contributed by atoms with van der Waals surface area (Å²) in [5.41, 5.74) is 8.38. The number of hydrogen-bond acceptors (Lipinski definition) is 5. The zero-order chi connectivity index (χ0) is 18.7. The zero-order valence-corrected chi connectivity index (χ0v) is 15.8. The Morgan fingerprint density at radius 2 is 2.04 bits per heavy atom. The highest BCUT2D eigenvalue weighted by atomic mass is 32.2. The lowest BCUT2D eigenvalue weighted by molar-refractivity contribution is -0.118. The lowest BCUT2D eigenvalue weighted by Crippen LogP contribution is -2.17. The van der Waals surface area contributed by atoms with Gasteiger partial charge in [0.2, 0.25) is 11.8 Å². The number of carbonyl (C=O) groups excluding carboxylic acids is 2. The first-order chi connectivity index (χ1) is 12.4. The fourth-order valence-electron chi connectivity index (χ4n) is 2.63. The highest BCUT2D eigenvalue weighted by Crippen LogP contribution is 2.40. The minimum absolute atomic E-state index is 0.101. The van der Waals surface area contributed by atoms with Crippen molar-refractivity contribution in [2.45, 2.75) is 50.7 Å². The molecule has 1 aromatic carbocycles. The van der Waals surface area contributed by atoms with E-state index in [1.807, 2.05) is 36.6 Å². The first kappa shape index (κ1) is 18.4. The van der Waals surface area contributed by atoms with E-state index in [4.69, 9.17) is 5.73 Å². The van der Waals surface area contributed by atoms with Crippen molar-refractivity contribution in [2.24, 2.45) is 5.73 Å². The summed E-state index contributed by atoms with van der Waals surface area (Å²) in [4.78, 5) is 23.4. The molecule has 0 saturated heterocycles. The van der Waals surface area contributed by atoms with Gasteiger partial charge in [0, 0.05) is 24.6 Å². The number of thioether (sulfide) groups is 1. The van der Waals surface area contributed by atoms with Gasteiger partial charge in [-0.15, -0.1) is 10.2 Å². The Labute approximate surface area is 156 Å².